The molecule has 8 nitrogen and oxygen atoms in total. The van der Waals surface area contributed by atoms with Crippen LogP contribution < -0.4 is 15.3 Å². The maximum atomic E-state index is 12.7. The topological polar surface area (TPSA) is 83.7 Å². The monoisotopic (exact) mass is 645 g/mol. The Kier molecular flexibility index (Phi) is 10.9. The van der Waals surface area contributed by atoms with Crippen molar-refractivity contribution in [1.82, 2.24) is 14.5 Å². The molecule has 0 radical (unpaired) electrons. The van der Waals surface area contributed by atoms with E-state index in [4.69, 9.17) is 19.6 Å². The molecule has 4 rings (SSSR count). The smallest absolute Gasteiger partial charge is 0.410 e. The molecule has 2 heterocycles. The molecule has 1 N–H and O–H groups in total. The van der Waals surface area contributed by atoms with Crippen molar-refractivity contribution in [2.45, 2.75) is 72.3 Å². The van der Waals surface area contributed by atoms with Gasteiger partial charge in [0.1, 0.15) is 16.3 Å². The molecule has 10 heteroatoms. The molecule has 0 unspecified atom stereocenters. The van der Waals surface area contributed by atoms with E-state index < -0.39 is 13.9 Å². The van der Waals surface area contributed by atoms with Gasteiger partial charge in [-0.3, -0.25) is 9.98 Å². The van der Waals surface area contributed by atoms with Gasteiger partial charge in [-0.15, -0.1) is 17.7 Å². The van der Waals surface area contributed by atoms with E-state index in [2.05, 4.69) is 86.0 Å². The molecule has 1 aliphatic rings. The highest BCUT2D eigenvalue weighted by Crippen LogP contribution is 2.38. The number of hydrogen-bond donors (Lipinski definition) is 1. The van der Waals surface area contributed by atoms with Gasteiger partial charge in [-0.05, 0) is 49.4 Å². The molecule has 240 valence electrons. The van der Waals surface area contributed by atoms with Gasteiger partial charge < -0.3 is 19.0 Å². The minimum Gasteiger partial charge on any atom is -0.444 e. The maximum Gasteiger partial charge on any atom is 0.410 e. The van der Waals surface area contributed by atoms with E-state index in [9.17, 15) is 4.79 Å². The number of thioether (sulfide) groups is 1. The van der Waals surface area contributed by atoms with Gasteiger partial charge in [-0.25, -0.2) is 9.78 Å². The molecule has 45 heavy (non-hydrogen) atoms. The molecule has 0 spiro atoms. The standard InChI is InChI=1S/C35H47N5O3SSi/c1-9-10-21-40-30(31(36)44-8)29(37-32(40)38-22-24-39(25-23-38)33(41)43-34(2,3)4)26-42-45(35(5,6)7,27-17-13-11-14-18-27)28-19-15-12-16-20-28/h11-20,36H,21-26H2,1-8H3. The average molecular weight is 646 g/mol. The zero-order chi connectivity index (χ0) is 32.8. The fourth-order valence-electron chi connectivity index (χ4n) is 5.84. The predicted molar refractivity (Wildman–Crippen MR) is 188 cm³/mol. The van der Waals surface area contributed by atoms with E-state index in [1.54, 1.807) is 4.90 Å². The number of hydrogen-bond acceptors (Lipinski definition) is 7. The molecule has 0 saturated carbocycles. The molecule has 1 aliphatic heterocycles. The summed E-state index contributed by atoms with van der Waals surface area (Å²) in [6.07, 6.45) is 1.61. The highest BCUT2D eigenvalue weighted by molar-refractivity contribution is 8.13. The van der Waals surface area contributed by atoms with Crippen molar-refractivity contribution in [2.24, 2.45) is 0 Å². The van der Waals surface area contributed by atoms with Crippen molar-refractivity contribution in [2.75, 3.05) is 37.3 Å². The van der Waals surface area contributed by atoms with Gasteiger partial charge in [-0.2, -0.15) is 0 Å². The van der Waals surface area contributed by atoms with Crippen molar-refractivity contribution in [3.63, 3.8) is 0 Å². The zero-order valence-electron chi connectivity index (χ0n) is 27.9. The predicted octanol–water partition coefficient (Wildman–Crippen LogP) is 5.73. The number of carbonyl (C=O) groups is 1. The fraction of sp³-hybridized carbons (Fsp3) is 0.457. The summed E-state index contributed by atoms with van der Waals surface area (Å²) < 4.78 is 14.9. The SMILES string of the molecule is CC#CCn1c(N2CCN(C(=O)OC(C)(C)C)CC2)nc(CO[Si](c2ccccc2)(c2ccccc2)C(C)(C)C)c1C(=N)SC. The number of anilines is 1. The normalized spacial score (nSPS) is 14.1. The second kappa shape index (κ2) is 14.3. The first-order valence-electron chi connectivity index (χ1n) is 15.4. The average Bonchev–Trinajstić information content (AvgIpc) is 3.37. The van der Waals surface area contributed by atoms with Gasteiger partial charge in [0.05, 0.1) is 18.8 Å². The minimum absolute atomic E-state index is 0.194. The van der Waals surface area contributed by atoms with Crippen LogP contribution in [0.5, 0.6) is 0 Å². The summed E-state index contributed by atoms with van der Waals surface area (Å²) in [6, 6.07) is 21.1. The van der Waals surface area contributed by atoms with Crippen LogP contribution in [0, 0.1) is 17.3 Å². The summed E-state index contributed by atoms with van der Waals surface area (Å²) in [5.41, 5.74) is 0.911. The van der Waals surface area contributed by atoms with Gasteiger partial charge >= 0.3 is 6.09 Å². The summed E-state index contributed by atoms with van der Waals surface area (Å²) in [4.78, 5) is 21.9. The highest BCUT2D eigenvalue weighted by Gasteiger charge is 2.50. The lowest BCUT2D eigenvalue weighted by Gasteiger charge is -2.43. The molecular weight excluding hydrogens is 599 g/mol. The molecule has 1 aromatic heterocycles. The largest absolute Gasteiger partial charge is 0.444 e. The van der Waals surface area contributed by atoms with E-state index in [-0.39, 0.29) is 17.7 Å². The van der Waals surface area contributed by atoms with E-state index in [0.29, 0.717) is 37.8 Å². The van der Waals surface area contributed by atoms with Crippen LogP contribution in [0.25, 0.3) is 0 Å². The number of carbonyl (C=O) groups excluding carboxylic acids is 1. The lowest BCUT2D eigenvalue weighted by molar-refractivity contribution is 0.0240. The van der Waals surface area contributed by atoms with Gasteiger partial charge in [0.25, 0.3) is 8.32 Å². The second-order valence-corrected chi connectivity index (χ2v) is 18.3. The number of benzene rings is 2. The van der Waals surface area contributed by atoms with Crippen LogP contribution >= 0.6 is 11.8 Å². The van der Waals surface area contributed by atoms with Crippen molar-refractivity contribution >= 4 is 47.5 Å². The molecule has 0 bridgehead atoms. The maximum absolute atomic E-state index is 12.7. The quantitative estimate of drug-likeness (QED) is 0.146. The van der Waals surface area contributed by atoms with Gasteiger partial charge in [0, 0.05) is 26.2 Å². The van der Waals surface area contributed by atoms with Crippen LogP contribution in [-0.4, -0.2) is 71.9 Å². The Morgan fingerprint density at radius 3 is 1.98 bits per heavy atom. The van der Waals surface area contributed by atoms with Crippen LogP contribution in [0.3, 0.4) is 0 Å². The Balaban J connectivity index is 1.75. The Labute approximate surface area is 274 Å². The van der Waals surface area contributed by atoms with Crippen LogP contribution in [0.2, 0.25) is 5.04 Å². The first-order valence-corrected chi connectivity index (χ1v) is 18.6. The number of rotatable bonds is 8. The second-order valence-electron chi connectivity index (χ2n) is 13.2. The number of nitrogens with one attached hydrogen (secondary N) is 1. The van der Waals surface area contributed by atoms with Crippen LogP contribution in [-0.2, 0) is 22.3 Å². The minimum atomic E-state index is -2.84. The lowest BCUT2D eigenvalue weighted by atomic mass is 10.2. The molecule has 3 aromatic rings. The van der Waals surface area contributed by atoms with Crippen LogP contribution in [0.1, 0.15) is 59.9 Å². The number of piperazine rings is 1. The number of aromatic nitrogens is 2. The number of amides is 1. The van der Waals surface area contributed by atoms with Crippen molar-refractivity contribution in [3.05, 3.63) is 72.1 Å². The van der Waals surface area contributed by atoms with Crippen LogP contribution in [0.4, 0.5) is 10.7 Å². The highest BCUT2D eigenvalue weighted by atomic mass is 32.2. The molecule has 1 saturated heterocycles. The zero-order valence-corrected chi connectivity index (χ0v) is 29.8. The summed E-state index contributed by atoms with van der Waals surface area (Å²) in [6.45, 7) is 17.1. The summed E-state index contributed by atoms with van der Waals surface area (Å²) in [5.74, 6) is 6.96. The number of nitrogens with zero attached hydrogens (tertiary/aromatic N) is 4. The van der Waals surface area contributed by atoms with Gasteiger partial charge in [-0.1, -0.05) is 87.4 Å². The third-order valence-corrected chi connectivity index (χ3v) is 13.5. The summed E-state index contributed by atoms with van der Waals surface area (Å²) in [7, 11) is -2.84. The molecular formula is C35H47N5O3SSi. The Morgan fingerprint density at radius 1 is 0.956 bits per heavy atom. The van der Waals surface area contributed by atoms with E-state index in [1.807, 2.05) is 50.7 Å². The van der Waals surface area contributed by atoms with Gasteiger partial charge in [0.2, 0.25) is 5.95 Å². The first-order chi connectivity index (χ1) is 21.3. The third kappa shape index (κ3) is 7.66. The first kappa shape index (κ1) is 34.4. The fourth-order valence-corrected chi connectivity index (χ4v) is 10.8. The molecule has 1 amide bonds. The van der Waals surface area contributed by atoms with E-state index >= 15 is 0 Å². The van der Waals surface area contributed by atoms with Crippen molar-refractivity contribution in [1.29, 1.82) is 5.41 Å². The number of imidazole rings is 1. The summed E-state index contributed by atoms with van der Waals surface area (Å²) >= 11 is 1.38. The number of ether oxygens (including phenoxy) is 1. The lowest BCUT2D eigenvalue weighted by Crippen LogP contribution is -2.66. The third-order valence-electron chi connectivity index (χ3n) is 7.91. The van der Waals surface area contributed by atoms with E-state index in [0.717, 1.165) is 17.3 Å². The van der Waals surface area contributed by atoms with E-state index in [1.165, 1.54) is 22.1 Å². The van der Waals surface area contributed by atoms with Crippen molar-refractivity contribution < 1.29 is 14.0 Å². The molecule has 0 atom stereocenters. The Bertz CT molecular complexity index is 1490. The molecule has 1 fully saturated rings. The molecule has 2 aromatic carbocycles. The summed E-state index contributed by atoms with van der Waals surface area (Å²) in [5, 5.41) is 11.6. The van der Waals surface area contributed by atoms with Crippen LogP contribution in [0.15, 0.2) is 60.7 Å². The Hall–Kier alpha value is -3.52. The van der Waals surface area contributed by atoms with Crippen molar-refractivity contribution in [3.8, 4) is 11.8 Å². The van der Waals surface area contributed by atoms with Gasteiger partial charge in [0.15, 0.2) is 0 Å². The Morgan fingerprint density at radius 2 is 1.51 bits per heavy atom. The molecule has 0 aliphatic carbocycles.